The first kappa shape index (κ1) is 15.2. The Morgan fingerprint density at radius 1 is 1.38 bits per heavy atom. The van der Waals surface area contributed by atoms with E-state index in [1.54, 1.807) is 12.4 Å². The second kappa shape index (κ2) is 5.51. The average molecular weight is 343 g/mol. The molecular weight excluding hydrogens is 327 g/mol. The van der Waals surface area contributed by atoms with Crippen LogP contribution in [0.4, 0.5) is 0 Å². The Morgan fingerprint density at radius 3 is 2.67 bits per heavy atom. The molecule has 2 aromatic rings. The fourth-order valence-electron chi connectivity index (χ4n) is 2.61. The third-order valence-electron chi connectivity index (χ3n) is 4.09. The molecule has 112 valence electrons. The van der Waals surface area contributed by atoms with Crippen molar-refractivity contribution in [1.82, 2.24) is 9.55 Å². The van der Waals surface area contributed by atoms with Crippen LogP contribution >= 0.6 is 35.8 Å². The summed E-state index contributed by atoms with van der Waals surface area (Å²) in [7, 11) is 0. The second-order valence-corrected chi connectivity index (χ2v) is 7.15. The fraction of sp³-hybridized carbons (Fsp3) is 0.400. The molecule has 0 spiro atoms. The molecule has 0 saturated heterocycles. The third kappa shape index (κ3) is 2.95. The van der Waals surface area contributed by atoms with E-state index < -0.39 is 10.5 Å². The average Bonchev–Trinajstić information content (AvgIpc) is 3.09. The molecule has 1 aromatic carbocycles. The number of aliphatic hydroxyl groups is 1. The van der Waals surface area contributed by atoms with E-state index in [0.29, 0.717) is 23.1 Å². The Bertz CT molecular complexity index is 657. The predicted octanol–water partition coefficient (Wildman–Crippen LogP) is 3.57. The largest absolute Gasteiger partial charge is 0.386 e. The van der Waals surface area contributed by atoms with Crippen LogP contribution in [-0.4, -0.2) is 25.1 Å². The Labute approximate surface area is 139 Å². The van der Waals surface area contributed by atoms with Gasteiger partial charge in [-0.2, -0.15) is 0 Å². The molecule has 0 amide bonds. The van der Waals surface area contributed by atoms with Crippen molar-refractivity contribution in [2.75, 3.05) is 0 Å². The number of thiol groups is 1. The molecule has 1 aromatic heterocycles. The molecule has 1 aliphatic carbocycles. The van der Waals surface area contributed by atoms with E-state index in [1.807, 2.05) is 28.8 Å². The maximum atomic E-state index is 11.2. The zero-order valence-corrected chi connectivity index (χ0v) is 13.7. The van der Waals surface area contributed by atoms with E-state index in [9.17, 15) is 5.11 Å². The van der Waals surface area contributed by atoms with E-state index >= 15 is 0 Å². The van der Waals surface area contributed by atoms with Crippen molar-refractivity contribution in [1.29, 1.82) is 0 Å². The number of aromatic nitrogens is 2. The molecule has 1 saturated carbocycles. The molecule has 1 N–H and O–H groups in total. The first-order valence-corrected chi connectivity index (χ1v) is 7.99. The molecule has 21 heavy (non-hydrogen) atoms. The van der Waals surface area contributed by atoms with Gasteiger partial charge in [0.2, 0.25) is 0 Å². The van der Waals surface area contributed by atoms with Crippen molar-refractivity contribution in [3.05, 3.63) is 47.2 Å². The number of halogens is 2. The van der Waals surface area contributed by atoms with Crippen molar-refractivity contribution in [3.8, 4) is 0 Å². The van der Waals surface area contributed by atoms with E-state index in [0.717, 1.165) is 18.4 Å². The topological polar surface area (TPSA) is 38.0 Å². The van der Waals surface area contributed by atoms with Gasteiger partial charge in [-0.25, -0.2) is 4.98 Å². The minimum absolute atomic E-state index is 0.348. The lowest BCUT2D eigenvalue weighted by Gasteiger charge is -2.34. The molecular formula is C15H16Cl2N2OS. The highest BCUT2D eigenvalue weighted by Crippen LogP contribution is 2.53. The van der Waals surface area contributed by atoms with Gasteiger partial charge >= 0.3 is 0 Å². The van der Waals surface area contributed by atoms with E-state index in [4.69, 9.17) is 23.2 Å². The highest BCUT2D eigenvalue weighted by Gasteiger charge is 2.58. The number of nitrogens with zero attached hydrogens (tertiary/aromatic N) is 2. The minimum atomic E-state index is -1.09. The Balaban J connectivity index is 1.91. The first-order valence-electron chi connectivity index (χ1n) is 6.78. The standard InChI is InChI=1S/C15H16Cl2N2OS/c16-12-4-2-1-3-11(12)9-15(20,14(17)5-6-14)10-19-8-7-18-13(19)21/h1-4,7-8,20H,5-6,9-10H2,(H,18,21). The Morgan fingerprint density at radius 2 is 2.10 bits per heavy atom. The van der Waals surface area contributed by atoms with Gasteiger partial charge in [0, 0.05) is 23.8 Å². The maximum Gasteiger partial charge on any atom is 0.164 e. The zero-order chi connectivity index (χ0) is 15.1. The monoisotopic (exact) mass is 342 g/mol. The molecule has 1 atom stereocenters. The maximum absolute atomic E-state index is 11.2. The van der Waals surface area contributed by atoms with Crippen LogP contribution in [-0.2, 0) is 13.0 Å². The van der Waals surface area contributed by atoms with Crippen molar-refractivity contribution in [2.45, 2.75) is 41.4 Å². The summed E-state index contributed by atoms with van der Waals surface area (Å²) in [6, 6.07) is 7.54. The van der Waals surface area contributed by atoms with Gasteiger partial charge in [-0.15, -0.1) is 24.2 Å². The van der Waals surface area contributed by atoms with Crippen LogP contribution in [0.1, 0.15) is 18.4 Å². The number of benzene rings is 1. The van der Waals surface area contributed by atoms with Gasteiger partial charge in [-0.1, -0.05) is 29.8 Å². The summed E-state index contributed by atoms with van der Waals surface area (Å²) in [5.74, 6) is 0. The molecule has 1 unspecified atom stereocenters. The molecule has 0 radical (unpaired) electrons. The van der Waals surface area contributed by atoms with Gasteiger partial charge in [-0.05, 0) is 24.5 Å². The van der Waals surface area contributed by atoms with E-state index in [2.05, 4.69) is 17.6 Å². The van der Waals surface area contributed by atoms with Crippen molar-refractivity contribution in [2.24, 2.45) is 0 Å². The predicted molar refractivity (Wildman–Crippen MR) is 87.4 cm³/mol. The fourth-order valence-corrected chi connectivity index (χ4v) is 3.24. The number of hydrogen-bond donors (Lipinski definition) is 2. The van der Waals surface area contributed by atoms with Gasteiger partial charge in [0.05, 0.1) is 11.4 Å². The van der Waals surface area contributed by atoms with Crippen LogP contribution in [0.3, 0.4) is 0 Å². The van der Waals surface area contributed by atoms with Crippen molar-refractivity contribution in [3.63, 3.8) is 0 Å². The van der Waals surface area contributed by atoms with Crippen LogP contribution < -0.4 is 0 Å². The number of rotatable bonds is 5. The zero-order valence-electron chi connectivity index (χ0n) is 11.3. The molecule has 3 rings (SSSR count). The summed E-state index contributed by atoms with van der Waals surface area (Å²) < 4.78 is 1.81. The smallest absolute Gasteiger partial charge is 0.164 e. The van der Waals surface area contributed by atoms with Gasteiger partial charge in [-0.3, -0.25) is 0 Å². The number of imidazole rings is 1. The summed E-state index contributed by atoms with van der Waals surface area (Å²) >= 11 is 17.1. The summed E-state index contributed by atoms with van der Waals surface area (Å²) in [6.07, 6.45) is 5.45. The van der Waals surface area contributed by atoms with Crippen molar-refractivity contribution >= 4 is 35.8 Å². The van der Waals surface area contributed by atoms with Crippen LogP contribution in [0, 0.1) is 0 Å². The summed E-state index contributed by atoms with van der Waals surface area (Å²) in [4.78, 5) is 3.47. The molecule has 0 bridgehead atoms. The molecule has 3 nitrogen and oxygen atoms in total. The highest BCUT2D eigenvalue weighted by atomic mass is 35.5. The van der Waals surface area contributed by atoms with Gasteiger partial charge < -0.3 is 9.67 Å². The van der Waals surface area contributed by atoms with Crippen LogP contribution in [0.15, 0.2) is 41.8 Å². The number of hydrogen-bond acceptors (Lipinski definition) is 3. The molecule has 6 heteroatoms. The Kier molecular flexibility index (Phi) is 3.99. The van der Waals surface area contributed by atoms with Crippen LogP contribution in [0.2, 0.25) is 5.02 Å². The minimum Gasteiger partial charge on any atom is -0.386 e. The lowest BCUT2D eigenvalue weighted by atomic mass is 9.89. The summed E-state index contributed by atoms with van der Waals surface area (Å²) in [5.41, 5.74) is -0.188. The lowest BCUT2D eigenvalue weighted by Crippen LogP contribution is -2.47. The normalized spacial score (nSPS) is 19.2. The van der Waals surface area contributed by atoms with Gasteiger partial charge in [0.25, 0.3) is 0 Å². The van der Waals surface area contributed by atoms with E-state index in [1.165, 1.54) is 0 Å². The van der Waals surface area contributed by atoms with Gasteiger partial charge in [0.15, 0.2) is 5.16 Å². The number of alkyl halides is 1. The molecule has 0 aliphatic heterocycles. The quantitative estimate of drug-likeness (QED) is 0.643. The Hall–Kier alpha value is -0.680. The van der Waals surface area contributed by atoms with Gasteiger partial charge in [0.1, 0.15) is 5.60 Å². The van der Waals surface area contributed by atoms with E-state index in [-0.39, 0.29) is 0 Å². The molecule has 1 heterocycles. The SMILES string of the molecule is OC(Cc1ccccc1Cl)(Cn1ccnc1S)C1(Cl)CC1. The lowest BCUT2D eigenvalue weighted by molar-refractivity contribution is 0.00881. The highest BCUT2D eigenvalue weighted by molar-refractivity contribution is 7.80. The molecule has 1 fully saturated rings. The van der Waals surface area contributed by atoms with Crippen LogP contribution in [0.5, 0.6) is 0 Å². The molecule has 1 aliphatic rings. The van der Waals surface area contributed by atoms with Crippen LogP contribution in [0.25, 0.3) is 0 Å². The summed E-state index contributed by atoms with van der Waals surface area (Å²) in [6.45, 7) is 0.348. The summed E-state index contributed by atoms with van der Waals surface area (Å²) in [5, 5.41) is 12.4. The third-order valence-corrected chi connectivity index (χ3v) is 5.56. The first-order chi connectivity index (χ1) is 9.94. The second-order valence-electron chi connectivity index (χ2n) is 5.62. The van der Waals surface area contributed by atoms with Crippen molar-refractivity contribution < 1.29 is 5.11 Å².